The Hall–Kier alpha value is -0.340. The van der Waals surface area contributed by atoms with Crippen molar-refractivity contribution in [2.24, 2.45) is 0 Å². The maximum absolute atomic E-state index is 11.5. The van der Waals surface area contributed by atoms with Crippen LogP contribution in [0.15, 0.2) is 17.5 Å². The molecule has 0 amide bonds. The van der Waals surface area contributed by atoms with Crippen LogP contribution >= 0.6 is 11.3 Å². The van der Waals surface area contributed by atoms with E-state index in [-0.39, 0.29) is 0 Å². The fourth-order valence-corrected chi connectivity index (χ4v) is 1.94. The van der Waals surface area contributed by atoms with Crippen molar-refractivity contribution < 1.29 is 5.11 Å². The van der Waals surface area contributed by atoms with Crippen molar-refractivity contribution in [3.05, 3.63) is 22.4 Å². The third-order valence-electron chi connectivity index (χ3n) is 1.93. The Morgan fingerprint density at radius 3 is 2.92 bits per heavy atom. The fourth-order valence-electron chi connectivity index (χ4n) is 1.20. The van der Waals surface area contributed by atoms with Crippen LogP contribution in [0, 0.1) is 0 Å². The Kier molecular flexibility index (Phi) is 4.33. The Bertz CT molecular complexity index is 194. The quantitative estimate of drug-likeness (QED) is 0.644. The van der Waals surface area contributed by atoms with Crippen LogP contribution in [0.4, 0.5) is 0 Å². The van der Waals surface area contributed by atoms with Crippen molar-refractivity contribution >= 4 is 11.3 Å². The maximum Gasteiger partial charge on any atom is -0.00899 e. The first-order valence-corrected chi connectivity index (χ1v) is 5.41. The minimum Gasteiger partial charge on any atom is -0.848 e. The summed E-state index contributed by atoms with van der Waals surface area (Å²) in [6.45, 7) is 2.16. The number of unbranched alkanes of at least 4 members (excludes halogenated alkanes) is 2. The molecule has 0 saturated heterocycles. The summed E-state index contributed by atoms with van der Waals surface area (Å²) in [7, 11) is 0. The van der Waals surface area contributed by atoms with Crippen LogP contribution in [0.3, 0.4) is 0 Å². The molecule has 1 nitrogen and oxygen atoms in total. The van der Waals surface area contributed by atoms with Crippen molar-refractivity contribution in [2.45, 2.75) is 38.7 Å². The van der Waals surface area contributed by atoms with Crippen molar-refractivity contribution in [3.63, 3.8) is 0 Å². The van der Waals surface area contributed by atoms with E-state index in [0.29, 0.717) is 0 Å². The first-order valence-electron chi connectivity index (χ1n) is 4.53. The second-order valence-electron chi connectivity index (χ2n) is 3.00. The lowest BCUT2D eigenvalue weighted by Gasteiger charge is -2.19. The molecule has 0 spiro atoms. The van der Waals surface area contributed by atoms with Crippen LogP contribution in [0.2, 0.25) is 0 Å². The van der Waals surface area contributed by atoms with Crippen LogP contribution < -0.4 is 5.11 Å². The van der Waals surface area contributed by atoms with Crippen molar-refractivity contribution in [1.82, 2.24) is 0 Å². The molecule has 2 heteroatoms. The highest BCUT2D eigenvalue weighted by atomic mass is 32.1. The van der Waals surface area contributed by atoms with Gasteiger partial charge in [-0.3, -0.25) is 0 Å². The molecule has 0 saturated carbocycles. The van der Waals surface area contributed by atoms with E-state index in [4.69, 9.17) is 0 Å². The van der Waals surface area contributed by atoms with E-state index in [1.807, 2.05) is 17.5 Å². The second kappa shape index (κ2) is 5.33. The van der Waals surface area contributed by atoms with Crippen LogP contribution in [0.1, 0.15) is 43.6 Å². The zero-order chi connectivity index (χ0) is 8.81. The molecule has 12 heavy (non-hydrogen) atoms. The summed E-state index contributed by atoms with van der Waals surface area (Å²) in [5, 5.41) is 13.4. The lowest BCUT2D eigenvalue weighted by atomic mass is 10.1. The number of rotatable bonds is 5. The van der Waals surface area contributed by atoms with Crippen LogP contribution in [0.5, 0.6) is 0 Å². The van der Waals surface area contributed by atoms with Gasteiger partial charge in [0.15, 0.2) is 0 Å². The molecule has 1 aromatic rings. The van der Waals surface area contributed by atoms with Crippen molar-refractivity contribution in [2.75, 3.05) is 0 Å². The monoisotopic (exact) mass is 183 g/mol. The number of thiophene rings is 1. The molecule has 0 bridgehead atoms. The topological polar surface area (TPSA) is 23.1 Å². The van der Waals surface area contributed by atoms with Crippen LogP contribution in [-0.2, 0) is 0 Å². The lowest BCUT2D eigenvalue weighted by molar-refractivity contribution is -0.427. The average molecular weight is 183 g/mol. The highest BCUT2D eigenvalue weighted by Gasteiger charge is 1.98. The SMILES string of the molecule is CCCCCC([O-])c1cccs1. The normalized spacial score (nSPS) is 13.2. The van der Waals surface area contributed by atoms with Gasteiger partial charge in [-0.1, -0.05) is 44.8 Å². The largest absolute Gasteiger partial charge is 0.848 e. The van der Waals surface area contributed by atoms with E-state index in [1.54, 1.807) is 11.3 Å². The van der Waals surface area contributed by atoms with E-state index >= 15 is 0 Å². The Morgan fingerprint density at radius 1 is 1.50 bits per heavy atom. The van der Waals surface area contributed by atoms with Gasteiger partial charge in [-0.05, 0) is 16.3 Å². The molecule has 1 atom stereocenters. The average Bonchev–Trinajstić information content (AvgIpc) is 2.56. The molecule has 0 radical (unpaired) electrons. The zero-order valence-electron chi connectivity index (χ0n) is 7.45. The van der Waals surface area contributed by atoms with E-state index in [1.165, 1.54) is 12.8 Å². The lowest BCUT2D eigenvalue weighted by Crippen LogP contribution is -2.13. The molecular formula is C10H15OS-. The minimum atomic E-state index is -0.475. The standard InChI is InChI=1S/C10H15OS/c1-2-3-4-6-9(11)10-7-5-8-12-10/h5,7-9H,2-4,6H2,1H3/q-1. The smallest absolute Gasteiger partial charge is 0.00899 e. The van der Waals surface area contributed by atoms with E-state index in [0.717, 1.165) is 17.7 Å². The van der Waals surface area contributed by atoms with Gasteiger partial charge in [-0.25, -0.2) is 0 Å². The highest BCUT2D eigenvalue weighted by molar-refractivity contribution is 7.10. The third-order valence-corrected chi connectivity index (χ3v) is 2.89. The van der Waals surface area contributed by atoms with Crippen LogP contribution in [0.25, 0.3) is 0 Å². The molecule has 0 aromatic carbocycles. The summed E-state index contributed by atoms with van der Waals surface area (Å²) in [5.41, 5.74) is 0. The first kappa shape index (κ1) is 9.75. The molecule has 1 unspecified atom stereocenters. The molecule has 0 N–H and O–H groups in total. The van der Waals surface area contributed by atoms with Crippen LogP contribution in [-0.4, -0.2) is 0 Å². The minimum absolute atomic E-state index is 0.475. The summed E-state index contributed by atoms with van der Waals surface area (Å²) < 4.78 is 0. The fraction of sp³-hybridized carbons (Fsp3) is 0.600. The Labute approximate surface area is 78.1 Å². The molecular weight excluding hydrogens is 168 g/mol. The Balaban J connectivity index is 2.25. The predicted molar refractivity (Wildman–Crippen MR) is 51.2 cm³/mol. The molecule has 0 fully saturated rings. The third kappa shape index (κ3) is 2.95. The van der Waals surface area contributed by atoms with Gasteiger partial charge in [-0.15, -0.1) is 0 Å². The summed E-state index contributed by atoms with van der Waals surface area (Å²) in [6, 6.07) is 3.89. The Morgan fingerprint density at radius 2 is 2.33 bits per heavy atom. The van der Waals surface area contributed by atoms with E-state index < -0.39 is 6.10 Å². The summed E-state index contributed by atoms with van der Waals surface area (Å²) in [6.07, 6.45) is 3.77. The molecule has 1 aromatic heterocycles. The molecule has 1 rings (SSSR count). The summed E-state index contributed by atoms with van der Waals surface area (Å²) in [4.78, 5) is 0.992. The van der Waals surface area contributed by atoms with Crippen molar-refractivity contribution in [1.29, 1.82) is 0 Å². The van der Waals surface area contributed by atoms with Crippen molar-refractivity contribution in [3.8, 4) is 0 Å². The van der Waals surface area contributed by atoms with Gasteiger partial charge in [0.25, 0.3) is 0 Å². The van der Waals surface area contributed by atoms with E-state index in [9.17, 15) is 5.11 Å². The predicted octanol–water partition coefficient (Wildman–Crippen LogP) is 2.73. The number of hydrogen-bond donors (Lipinski definition) is 0. The zero-order valence-corrected chi connectivity index (χ0v) is 8.27. The van der Waals surface area contributed by atoms with Gasteiger partial charge in [0, 0.05) is 0 Å². The molecule has 1 heterocycles. The highest BCUT2D eigenvalue weighted by Crippen LogP contribution is 2.21. The summed E-state index contributed by atoms with van der Waals surface area (Å²) >= 11 is 1.58. The van der Waals surface area contributed by atoms with Gasteiger partial charge in [-0.2, -0.15) is 11.3 Å². The van der Waals surface area contributed by atoms with Gasteiger partial charge in [0.2, 0.25) is 0 Å². The number of hydrogen-bond acceptors (Lipinski definition) is 2. The molecule has 68 valence electrons. The van der Waals surface area contributed by atoms with Gasteiger partial charge in [0.05, 0.1) is 0 Å². The molecule has 0 aliphatic carbocycles. The maximum atomic E-state index is 11.5. The van der Waals surface area contributed by atoms with Gasteiger partial charge < -0.3 is 5.11 Å². The first-order chi connectivity index (χ1) is 5.84. The van der Waals surface area contributed by atoms with Gasteiger partial charge in [0.1, 0.15) is 0 Å². The second-order valence-corrected chi connectivity index (χ2v) is 3.98. The molecule has 0 aliphatic heterocycles. The van der Waals surface area contributed by atoms with Gasteiger partial charge >= 0.3 is 0 Å². The van der Waals surface area contributed by atoms with E-state index in [2.05, 4.69) is 6.92 Å². The summed E-state index contributed by atoms with van der Waals surface area (Å²) in [5.74, 6) is 0. The molecule has 0 aliphatic rings.